The molecule has 0 aromatic carbocycles. The van der Waals surface area contributed by atoms with Gasteiger partial charge in [0.15, 0.2) is 5.96 Å². The number of hydrogen-bond acceptors (Lipinski definition) is 4. The minimum Gasteiger partial charge on any atom is -0.357 e. The van der Waals surface area contributed by atoms with Gasteiger partial charge in [-0.05, 0) is 36.2 Å². The smallest absolute Gasteiger partial charge is 0.261 e. The van der Waals surface area contributed by atoms with E-state index in [4.69, 9.17) is 0 Å². The molecule has 0 saturated carbocycles. The van der Waals surface area contributed by atoms with Gasteiger partial charge in [0.2, 0.25) is 0 Å². The summed E-state index contributed by atoms with van der Waals surface area (Å²) in [5.41, 5.74) is 0. The zero-order valence-electron chi connectivity index (χ0n) is 15.2. The molecular weight excluding hydrogens is 479 g/mol. The molecule has 1 amide bonds. The van der Waals surface area contributed by atoms with Crippen molar-refractivity contribution in [1.29, 1.82) is 0 Å². The van der Waals surface area contributed by atoms with Crippen LogP contribution >= 0.6 is 46.7 Å². The lowest BCUT2D eigenvalue weighted by atomic mass is 10.1. The van der Waals surface area contributed by atoms with Gasteiger partial charge in [0.25, 0.3) is 5.91 Å². The third-order valence-electron chi connectivity index (χ3n) is 3.57. The quantitative estimate of drug-likeness (QED) is 0.209. The molecule has 1 unspecified atom stereocenters. The summed E-state index contributed by atoms with van der Waals surface area (Å²) in [6, 6.07) is 7.95. The maximum Gasteiger partial charge on any atom is 0.261 e. The van der Waals surface area contributed by atoms with E-state index in [2.05, 4.69) is 52.3 Å². The Morgan fingerprint density at radius 1 is 1.12 bits per heavy atom. The van der Waals surface area contributed by atoms with Gasteiger partial charge in [0.05, 0.1) is 11.4 Å². The summed E-state index contributed by atoms with van der Waals surface area (Å²) in [5.74, 6) is 1.25. The number of carbonyl (C=O) groups excluding carboxylic acids is 1. The summed E-state index contributed by atoms with van der Waals surface area (Å²) in [6.07, 6.45) is 0.849. The molecule has 0 aliphatic heterocycles. The number of amides is 1. The second-order valence-corrected chi connectivity index (χ2v) is 7.58. The van der Waals surface area contributed by atoms with Gasteiger partial charge in [-0.25, -0.2) is 0 Å². The molecule has 0 radical (unpaired) electrons. The number of guanidine groups is 1. The summed E-state index contributed by atoms with van der Waals surface area (Å²) >= 11 is 3.23. The van der Waals surface area contributed by atoms with E-state index in [-0.39, 0.29) is 29.9 Å². The highest BCUT2D eigenvalue weighted by molar-refractivity contribution is 14.0. The topological polar surface area (TPSA) is 65.5 Å². The number of aliphatic imine (C=N–C) groups is 1. The van der Waals surface area contributed by atoms with Crippen molar-refractivity contribution in [2.24, 2.45) is 4.99 Å². The van der Waals surface area contributed by atoms with Crippen LogP contribution in [0.25, 0.3) is 0 Å². The lowest BCUT2D eigenvalue weighted by Gasteiger charge is -2.13. The van der Waals surface area contributed by atoms with E-state index >= 15 is 0 Å². The molecule has 2 aromatic rings. The van der Waals surface area contributed by atoms with Crippen molar-refractivity contribution in [2.75, 3.05) is 26.2 Å². The predicted molar refractivity (Wildman–Crippen MR) is 123 cm³/mol. The van der Waals surface area contributed by atoms with Crippen LogP contribution in [0.2, 0.25) is 0 Å². The standard InChI is InChI=1S/C18H26N4OS2.HI/c1-3-19-18(22-13-14(2)15-7-4-11-24-15)21-10-6-9-20-17(23)16-8-5-12-25-16;/h4-5,7-8,11-12,14H,3,6,9-10,13H2,1-2H3,(H,20,23)(H2,19,21,22);1H. The Balaban J connectivity index is 0.00000338. The van der Waals surface area contributed by atoms with E-state index in [1.165, 1.54) is 16.2 Å². The highest BCUT2D eigenvalue weighted by Crippen LogP contribution is 2.20. The molecule has 0 fully saturated rings. The minimum atomic E-state index is 0. The van der Waals surface area contributed by atoms with E-state index in [0.717, 1.165) is 36.9 Å². The summed E-state index contributed by atoms with van der Waals surface area (Å²) in [7, 11) is 0. The first kappa shape index (κ1) is 22.9. The van der Waals surface area contributed by atoms with Crippen molar-refractivity contribution in [3.63, 3.8) is 0 Å². The van der Waals surface area contributed by atoms with Gasteiger partial charge >= 0.3 is 0 Å². The summed E-state index contributed by atoms with van der Waals surface area (Å²) in [5, 5.41) is 13.5. The minimum absolute atomic E-state index is 0. The van der Waals surface area contributed by atoms with Crippen LogP contribution in [0.5, 0.6) is 0 Å². The number of rotatable bonds is 9. The molecule has 2 heterocycles. The Morgan fingerprint density at radius 3 is 2.50 bits per heavy atom. The van der Waals surface area contributed by atoms with Gasteiger partial charge in [-0.3, -0.25) is 9.79 Å². The summed E-state index contributed by atoms with van der Waals surface area (Å²) < 4.78 is 0. The van der Waals surface area contributed by atoms with E-state index in [9.17, 15) is 4.79 Å². The first-order chi connectivity index (χ1) is 12.2. The number of nitrogens with zero attached hydrogens (tertiary/aromatic N) is 1. The summed E-state index contributed by atoms with van der Waals surface area (Å²) in [4.78, 5) is 18.6. The maximum atomic E-state index is 11.8. The van der Waals surface area contributed by atoms with Crippen molar-refractivity contribution in [3.05, 3.63) is 44.8 Å². The van der Waals surface area contributed by atoms with Gasteiger partial charge in [-0.1, -0.05) is 19.1 Å². The van der Waals surface area contributed by atoms with E-state index < -0.39 is 0 Å². The van der Waals surface area contributed by atoms with E-state index in [1.54, 1.807) is 11.3 Å². The lowest BCUT2D eigenvalue weighted by Crippen LogP contribution is -2.39. The van der Waals surface area contributed by atoms with Crippen molar-refractivity contribution < 1.29 is 4.79 Å². The van der Waals surface area contributed by atoms with Crippen LogP contribution in [-0.4, -0.2) is 38.0 Å². The third-order valence-corrected chi connectivity index (χ3v) is 5.55. The Bertz CT molecular complexity index is 644. The second-order valence-electron chi connectivity index (χ2n) is 5.65. The molecule has 26 heavy (non-hydrogen) atoms. The Morgan fingerprint density at radius 2 is 1.85 bits per heavy atom. The molecular formula is C18H27IN4OS2. The molecule has 1 atom stereocenters. The average Bonchev–Trinajstić information content (AvgIpc) is 3.32. The molecule has 2 aromatic heterocycles. The number of nitrogens with one attached hydrogen (secondary N) is 3. The van der Waals surface area contributed by atoms with Crippen molar-refractivity contribution in [2.45, 2.75) is 26.2 Å². The van der Waals surface area contributed by atoms with Crippen LogP contribution in [0.15, 0.2) is 40.0 Å². The molecule has 0 saturated heterocycles. The lowest BCUT2D eigenvalue weighted by molar-refractivity contribution is 0.0957. The Labute approximate surface area is 180 Å². The zero-order valence-corrected chi connectivity index (χ0v) is 19.1. The Hall–Kier alpha value is -1.13. The highest BCUT2D eigenvalue weighted by Gasteiger charge is 2.07. The second kappa shape index (κ2) is 13.1. The first-order valence-electron chi connectivity index (χ1n) is 8.58. The SMILES string of the molecule is CCNC(=NCC(C)c1cccs1)NCCCNC(=O)c1cccs1.I. The van der Waals surface area contributed by atoms with Crippen LogP contribution in [0.1, 0.15) is 40.7 Å². The molecule has 0 bridgehead atoms. The van der Waals surface area contributed by atoms with Gasteiger partial charge < -0.3 is 16.0 Å². The van der Waals surface area contributed by atoms with Crippen LogP contribution in [-0.2, 0) is 0 Å². The monoisotopic (exact) mass is 506 g/mol. The fraction of sp³-hybridized carbons (Fsp3) is 0.444. The number of carbonyl (C=O) groups is 1. The van der Waals surface area contributed by atoms with Crippen molar-refractivity contribution >= 4 is 58.5 Å². The first-order valence-corrected chi connectivity index (χ1v) is 10.3. The molecule has 0 spiro atoms. The van der Waals surface area contributed by atoms with Crippen LogP contribution in [0.4, 0.5) is 0 Å². The third kappa shape index (κ3) is 8.05. The number of hydrogen-bond donors (Lipinski definition) is 3. The number of thiophene rings is 2. The molecule has 0 aliphatic carbocycles. The van der Waals surface area contributed by atoms with Gasteiger partial charge in [0.1, 0.15) is 0 Å². The van der Waals surface area contributed by atoms with Crippen molar-refractivity contribution in [1.82, 2.24) is 16.0 Å². The molecule has 144 valence electrons. The average molecular weight is 506 g/mol. The van der Waals surface area contributed by atoms with E-state index in [0.29, 0.717) is 12.5 Å². The predicted octanol–water partition coefficient (Wildman–Crippen LogP) is 3.91. The molecule has 5 nitrogen and oxygen atoms in total. The zero-order chi connectivity index (χ0) is 17.9. The van der Waals surface area contributed by atoms with Gasteiger partial charge in [0, 0.05) is 30.4 Å². The largest absolute Gasteiger partial charge is 0.357 e. The van der Waals surface area contributed by atoms with Gasteiger partial charge in [-0.2, -0.15) is 0 Å². The van der Waals surface area contributed by atoms with Crippen LogP contribution < -0.4 is 16.0 Å². The summed E-state index contributed by atoms with van der Waals surface area (Å²) in [6.45, 7) is 7.25. The number of halogens is 1. The van der Waals surface area contributed by atoms with E-state index in [1.807, 2.05) is 17.5 Å². The normalized spacial score (nSPS) is 12.2. The van der Waals surface area contributed by atoms with Crippen LogP contribution in [0, 0.1) is 0 Å². The molecule has 8 heteroatoms. The maximum absolute atomic E-state index is 11.8. The fourth-order valence-corrected chi connectivity index (χ4v) is 3.64. The Kier molecular flexibility index (Phi) is 11.5. The fourth-order valence-electron chi connectivity index (χ4n) is 2.22. The van der Waals surface area contributed by atoms with Crippen molar-refractivity contribution in [3.8, 4) is 0 Å². The molecule has 0 aliphatic rings. The molecule has 2 rings (SSSR count). The van der Waals surface area contributed by atoms with Gasteiger partial charge in [-0.15, -0.1) is 46.7 Å². The highest BCUT2D eigenvalue weighted by atomic mass is 127. The van der Waals surface area contributed by atoms with Crippen LogP contribution in [0.3, 0.4) is 0 Å². The molecule has 3 N–H and O–H groups in total.